The van der Waals surface area contributed by atoms with Crippen molar-refractivity contribution >= 4 is 11.7 Å². The van der Waals surface area contributed by atoms with Gasteiger partial charge in [-0.15, -0.1) is 0 Å². The number of ether oxygens (including phenoxy) is 1. The average Bonchev–Trinajstić information content (AvgIpc) is 3.07. The van der Waals surface area contributed by atoms with E-state index in [0.717, 1.165) is 24.0 Å². The fourth-order valence-corrected chi connectivity index (χ4v) is 3.08. The Kier molecular flexibility index (Phi) is 3.72. The van der Waals surface area contributed by atoms with Gasteiger partial charge >= 0.3 is 0 Å². The smallest absolute Gasteiger partial charge is 0.258 e. The van der Waals surface area contributed by atoms with Crippen molar-refractivity contribution in [3.05, 3.63) is 29.3 Å². The van der Waals surface area contributed by atoms with Crippen LogP contribution in [0.4, 0.5) is 0 Å². The summed E-state index contributed by atoms with van der Waals surface area (Å²) < 4.78 is 5.61. The SMILES string of the molecule is O=C(COc1cccc2c1CCC2=O)NC1CCCC1. The average molecular weight is 273 g/mol. The highest BCUT2D eigenvalue weighted by Crippen LogP contribution is 2.30. The molecule has 1 N–H and O–H groups in total. The van der Waals surface area contributed by atoms with E-state index in [-0.39, 0.29) is 18.3 Å². The van der Waals surface area contributed by atoms with Gasteiger partial charge in [0, 0.05) is 23.6 Å². The molecule has 1 saturated carbocycles. The van der Waals surface area contributed by atoms with Crippen LogP contribution >= 0.6 is 0 Å². The van der Waals surface area contributed by atoms with E-state index in [0.29, 0.717) is 24.6 Å². The molecule has 3 rings (SSSR count). The second-order valence-corrected chi connectivity index (χ2v) is 5.54. The molecule has 1 amide bonds. The summed E-state index contributed by atoms with van der Waals surface area (Å²) in [5, 5.41) is 2.99. The van der Waals surface area contributed by atoms with Crippen molar-refractivity contribution in [1.82, 2.24) is 5.32 Å². The predicted octanol–water partition coefficient (Wildman–Crippen LogP) is 2.25. The molecular weight excluding hydrogens is 254 g/mol. The third kappa shape index (κ3) is 2.69. The first-order valence-corrected chi connectivity index (χ1v) is 7.31. The summed E-state index contributed by atoms with van der Waals surface area (Å²) in [5.41, 5.74) is 1.70. The largest absolute Gasteiger partial charge is 0.483 e. The molecular formula is C16H19NO3. The second-order valence-electron chi connectivity index (χ2n) is 5.54. The zero-order valence-electron chi connectivity index (χ0n) is 11.5. The van der Waals surface area contributed by atoms with Gasteiger partial charge in [0.1, 0.15) is 5.75 Å². The van der Waals surface area contributed by atoms with Crippen molar-refractivity contribution in [2.75, 3.05) is 6.61 Å². The molecule has 0 saturated heterocycles. The van der Waals surface area contributed by atoms with Crippen molar-refractivity contribution in [1.29, 1.82) is 0 Å². The fourth-order valence-electron chi connectivity index (χ4n) is 3.08. The van der Waals surface area contributed by atoms with Crippen LogP contribution in [0.1, 0.15) is 48.0 Å². The molecule has 1 fully saturated rings. The molecule has 0 radical (unpaired) electrons. The molecule has 0 unspecified atom stereocenters. The minimum atomic E-state index is -0.0705. The molecule has 0 aliphatic heterocycles. The van der Waals surface area contributed by atoms with Crippen molar-refractivity contribution in [3.63, 3.8) is 0 Å². The first kappa shape index (κ1) is 13.2. The van der Waals surface area contributed by atoms with Gasteiger partial charge < -0.3 is 10.1 Å². The van der Waals surface area contributed by atoms with E-state index in [1.54, 1.807) is 0 Å². The first-order chi connectivity index (χ1) is 9.74. The second kappa shape index (κ2) is 5.65. The summed E-state index contributed by atoms with van der Waals surface area (Å²) in [7, 11) is 0. The topological polar surface area (TPSA) is 55.4 Å². The molecule has 2 aliphatic rings. The molecule has 2 aliphatic carbocycles. The lowest BCUT2D eigenvalue weighted by Crippen LogP contribution is -2.36. The van der Waals surface area contributed by atoms with E-state index in [1.165, 1.54) is 12.8 Å². The van der Waals surface area contributed by atoms with Crippen molar-refractivity contribution in [2.45, 2.75) is 44.6 Å². The molecule has 106 valence electrons. The number of hydrogen-bond acceptors (Lipinski definition) is 3. The number of Topliss-reactive ketones (excluding diaryl/α,β-unsaturated/α-hetero) is 1. The maximum Gasteiger partial charge on any atom is 0.258 e. The molecule has 0 heterocycles. The van der Waals surface area contributed by atoms with Crippen LogP contribution in [0.2, 0.25) is 0 Å². The Labute approximate surface area is 118 Å². The van der Waals surface area contributed by atoms with Gasteiger partial charge in [0.25, 0.3) is 5.91 Å². The predicted molar refractivity (Wildman–Crippen MR) is 75.0 cm³/mol. The third-order valence-corrected chi connectivity index (χ3v) is 4.11. The van der Waals surface area contributed by atoms with E-state index in [1.807, 2.05) is 18.2 Å². The molecule has 1 aromatic rings. The van der Waals surface area contributed by atoms with Gasteiger partial charge in [0.05, 0.1) is 0 Å². The molecule has 1 aromatic carbocycles. The highest BCUT2D eigenvalue weighted by molar-refractivity contribution is 6.01. The molecule has 0 atom stereocenters. The van der Waals surface area contributed by atoms with Gasteiger partial charge in [0.15, 0.2) is 12.4 Å². The number of carbonyl (C=O) groups is 2. The lowest BCUT2D eigenvalue weighted by molar-refractivity contribution is -0.123. The quantitative estimate of drug-likeness (QED) is 0.915. The minimum absolute atomic E-state index is 0.0289. The van der Waals surface area contributed by atoms with E-state index in [4.69, 9.17) is 4.74 Å². The highest BCUT2D eigenvalue weighted by Gasteiger charge is 2.23. The zero-order valence-corrected chi connectivity index (χ0v) is 11.5. The zero-order chi connectivity index (χ0) is 13.9. The molecule has 0 spiro atoms. The molecule has 0 bridgehead atoms. The minimum Gasteiger partial charge on any atom is -0.483 e. The summed E-state index contributed by atoms with van der Waals surface area (Å²) in [5.74, 6) is 0.773. The Morgan fingerprint density at radius 1 is 1.25 bits per heavy atom. The van der Waals surface area contributed by atoms with Crippen LogP contribution in [0.25, 0.3) is 0 Å². The number of fused-ring (bicyclic) bond motifs is 1. The summed E-state index contributed by atoms with van der Waals surface area (Å²) in [6.07, 6.45) is 5.79. The Morgan fingerprint density at radius 3 is 2.85 bits per heavy atom. The summed E-state index contributed by atoms with van der Waals surface area (Å²) in [6, 6.07) is 5.79. The maximum atomic E-state index is 11.8. The fraction of sp³-hybridized carbons (Fsp3) is 0.500. The standard InChI is InChI=1S/C16H19NO3/c18-14-9-8-13-12(14)6-3-7-15(13)20-10-16(19)17-11-4-1-2-5-11/h3,6-7,11H,1-2,4-5,8-10H2,(H,17,19). The summed E-state index contributed by atoms with van der Waals surface area (Å²) >= 11 is 0. The normalized spacial score (nSPS) is 18.1. The van der Waals surface area contributed by atoms with E-state index >= 15 is 0 Å². The van der Waals surface area contributed by atoms with E-state index in [2.05, 4.69) is 5.32 Å². The number of carbonyl (C=O) groups excluding carboxylic acids is 2. The van der Waals surface area contributed by atoms with Gasteiger partial charge in [-0.3, -0.25) is 9.59 Å². The lowest BCUT2D eigenvalue weighted by atomic mass is 10.1. The number of ketones is 1. The van der Waals surface area contributed by atoms with Crippen LogP contribution in [-0.4, -0.2) is 24.3 Å². The van der Waals surface area contributed by atoms with Gasteiger partial charge in [-0.1, -0.05) is 25.0 Å². The monoisotopic (exact) mass is 273 g/mol. The molecule has 20 heavy (non-hydrogen) atoms. The van der Waals surface area contributed by atoms with Gasteiger partial charge in [0.2, 0.25) is 0 Å². The number of nitrogens with one attached hydrogen (secondary N) is 1. The van der Waals surface area contributed by atoms with Crippen LogP contribution < -0.4 is 10.1 Å². The van der Waals surface area contributed by atoms with Crippen LogP contribution in [0.15, 0.2) is 18.2 Å². The molecule has 0 aromatic heterocycles. The Morgan fingerprint density at radius 2 is 2.05 bits per heavy atom. The first-order valence-electron chi connectivity index (χ1n) is 7.31. The van der Waals surface area contributed by atoms with Crippen LogP contribution in [0.3, 0.4) is 0 Å². The Balaban J connectivity index is 1.58. The number of amides is 1. The highest BCUT2D eigenvalue weighted by atomic mass is 16.5. The van der Waals surface area contributed by atoms with Crippen LogP contribution in [0, 0.1) is 0 Å². The summed E-state index contributed by atoms with van der Waals surface area (Å²) in [4.78, 5) is 23.5. The van der Waals surface area contributed by atoms with Crippen LogP contribution in [0.5, 0.6) is 5.75 Å². The van der Waals surface area contributed by atoms with Gasteiger partial charge in [-0.05, 0) is 25.3 Å². The van der Waals surface area contributed by atoms with E-state index < -0.39 is 0 Å². The van der Waals surface area contributed by atoms with Gasteiger partial charge in [-0.25, -0.2) is 0 Å². The Bertz CT molecular complexity index is 533. The Hall–Kier alpha value is -1.84. The maximum absolute atomic E-state index is 11.8. The third-order valence-electron chi connectivity index (χ3n) is 4.11. The van der Waals surface area contributed by atoms with Gasteiger partial charge in [-0.2, -0.15) is 0 Å². The van der Waals surface area contributed by atoms with Crippen LogP contribution in [-0.2, 0) is 11.2 Å². The molecule has 4 heteroatoms. The van der Waals surface area contributed by atoms with E-state index in [9.17, 15) is 9.59 Å². The van der Waals surface area contributed by atoms with Crippen molar-refractivity contribution in [2.24, 2.45) is 0 Å². The summed E-state index contributed by atoms with van der Waals surface area (Å²) in [6.45, 7) is 0.0289. The molecule has 4 nitrogen and oxygen atoms in total. The number of benzene rings is 1. The van der Waals surface area contributed by atoms with Crippen molar-refractivity contribution in [3.8, 4) is 5.75 Å². The number of rotatable bonds is 4. The lowest BCUT2D eigenvalue weighted by Gasteiger charge is -2.13. The van der Waals surface area contributed by atoms with Crippen molar-refractivity contribution < 1.29 is 14.3 Å². The number of hydrogen-bond donors (Lipinski definition) is 1.